The molecule has 0 aromatic carbocycles. The van der Waals surface area contributed by atoms with E-state index in [1.165, 1.54) is 4.88 Å². The molecule has 0 aliphatic rings. The van der Waals surface area contributed by atoms with Crippen molar-refractivity contribution >= 4 is 22.9 Å². The monoisotopic (exact) mass is 263 g/mol. The van der Waals surface area contributed by atoms with E-state index in [1.807, 2.05) is 11.4 Å². The Morgan fingerprint density at radius 3 is 2.81 bits per heavy atom. The second-order valence-corrected chi connectivity index (χ2v) is 4.70. The molecule has 92 valence electrons. The second-order valence-electron chi connectivity index (χ2n) is 3.30. The summed E-state index contributed by atoms with van der Waals surface area (Å²) >= 11 is 7.65. The van der Waals surface area contributed by atoms with Gasteiger partial charge in [0.1, 0.15) is 0 Å². The molecule has 5 heteroatoms. The quantitative estimate of drug-likeness (QED) is 0.693. The summed E-state index contributed by atoms with van der Waals surface area (Å²) < 4.78 is 10.4. The van der Waals surface area contributed by atoms with Gasteiger partial charge in [-0.1, -0.05) is 11.6 Å². The van der Waals surface area contributed by atoms with E-state index in [9.17, 15) is 0 Å². The summed E-state index contributed by atoms with van der Waals surface area (Å²) in [6.45, 7) is 3.93. The number of thiophene rings is 1. The third-order valence-electron chi connectivity index (χ3n) is 2.07. The van der Waals surface area contributed by atoms with Gasteiger partial charge in [0.2, 0.25) is 0 Å². The van der Waals surface area contributed by atoms with Gasteiger partial charge in [0.15, 0.2) is 0 Å². The van der Waals surface area contributed by atoms with Crippen LogP contribution in [0.4, 0.5) is 0 Å². The van der Waals surface area contributed by atoms with E-state index in [1.54, 1.807) is 18.4 Å². The lowest BCUT2D eigenvalue weighted by molar-refractivity contribution is 0.135. The number of hydrogen-bond donors (Lipinski definition) is 1. The molecule has 16 heavy (non-hydrogen) atoms. The highest BCUT2D eigenvalue weighted by molar-refractivity contribution is 7.10. The highest BCUT2D eigenvalue weighted by Crippen LogP contribution is 2.22. The summed E-state index contributed by atoms with van der Waals surface area (Å²) in [6, 6.07) is 1.92. The molecule has 1 aromatic heterocycles. The van der Waals surface area contributed by atoms with Crippen molar-refractivity contribution < 1.29 is 9.47 Å². The first-order valence-corrected chi connectivity index (χ1v) is 6.59. The Hall–Kier alpha value is -0.130. The minimum Gasteiger partial charge on any atom is -0.383 e. The van der Waals surface area contributed by atoms with Crippen LogP contribution in [-0.4, -0.2) is 40.0 Å². The van der Waals surface area contributed by atoms with Gasteiger partial charge in [0.25, 0.3) is 0 Å². The van der Waals surface area contributed by atoms with Crippen LogP contribution in [0.25, 0.3) is 0 Å². The number of methoxy groups -OCH3 is 1. The van der Waals surface area contributed by atoms with E-state index in [2.05, 4.69) is 5.32 Å². The SMILES string of the molecule is COCCNCCOCCc1sccc1Cl. The maximum atomic E-state index is 5.97. The Morgan fingerprint density at radius 2 is 2.12 bits per heavy atom. The summed E-state index contributed by atoms with van der Waals surface area (Å²) in [5.41, 5.74) is 0. The molecule has 1 rings (SSSR count). The van der Waals surface area contributed by atoms with Crippen LogP contribution in [0.2, 0.25) is 5.02 Å². The van der Waals surface area contributed by atoms with Crippen molar-refractivity contribution in [3.63, 3.8) is 0 Å². The van der Waals surface area contributed by atoms with E-state index in [-0.39, 0.29) is 0 Å². The van der Waals surface area contributed by atoms with Gasteiger partial charge in [0, 0.05) is 31.5 Å². The second kappa shape index (κ2) is 8.96. The van der Waals surface area contributed by atoms with Gasteiger partial charge < -0.3 is 14.8 Å². The number of nitrogens with one attached hydrogen (secondary N) is 1. The standard InChI is InChI=1S/C11H18ClNO2S/c1-14-7-4-13-5-8-15-6-2-11-10(12)3-9-16-11/h3,9,13H,2,4-8H2,1H3. The van der Waals surface area contributed by atoms with Crippen molar-refractivity contribution in [2.45, 2.75) is 6.42 Å². The van der Waals surface area contributed by atoms with Crippen molar-refractivity contribution in [1.29, 1.82) is 0 Å². The van der Waals surface area contributed by atoms with E-state index in [4.69, 9.17) is 21.1 Å². The summed E-state index contributed by atoms with van der Waals surface area (Å²) in [7, 11) is 1.70. The van der Waals surface area contributed by atoms with E-state index < -0.39 is 0 Å². The molecule has 3 nitrogen and oxygen atoms in total. The smallest absolute Gasteiger partial charge is 0.0591 e. The summed E-state index contributed by atoms with van der Waals surface area (Å²) in [5, 5.41) is 6.08. The maximum Gasteiger partial charge on any atom is 0.0591 e. The summed E-state index contributed by atoms with van der Waals surface area (Å²) in [6.07, 6.45) is 0.897. The number of rotatable bonds is 9. The number of hydrogen-bond acceptors (Lipinski definition) is 4. The van der Waals surface area contributed by atoms with Crippen LogP contribution >= 0.6 is 22.9 Å². The van der Waals surface area contributed by atoms with Crippen LogP contribution in [0.3, 0.4) is 0 Å². The third-order valence-corrected chi connectivity index (χ3v) is 3.52. The molecule has 0 amide bonds. The van der Waals surface area contributed by atoms with Gasteiger partial charge in [-0.05, 0) is 11.4 Å². The zero-order valence-corrected chi connectivity index (χ0v) is 11.1. The average Bonchev–Trinajstić information content (AvgIpc) is 2.68. The Balaban J connectivity index is 1.91. The van der Waals surface area contributed by atoms with Crippen LogP contribution < -0.4 is 5.32 Å². The normalized spacial score (nSPS) is 10.9. The summed E-state index contributed by atoms with van der Waals surface area (Å²) in [5.74, 6) is 0. The third kappa shape index (κ3) is 5.82. The lowest BCUT2D eigenvalue weighted by Crippen LogP contribution is -2.23. The van der Waals surface area contributed by atoms with Gasteiger partial charge in [-0.2, -0.15) is 0 Å². The number of ether oxygens (including phenoxy) is 2. The van der Waals surface area contributed by atoms with Crippen molar-refractivity contribution in [3.05, 3.63) is 21.3 Å². The van der Waals surface area contributed by atoms with Crippen molar-refractivity contribution in [2.24, 2.45) is 0 Å². The fraction of sp³-hybridized carbons (Fsp3) is 0.636. The summed E-state index contributed by atoms with van der Waals surface area (Å²) in [4.78, 5) is 1.20. The molecule has 0 radical (unpaired) electrons. The molecule has 0 saturated carbocycles. The van der Waals surface area contributed by atoms with Gasteiger partial charge >= 0.3 is 0 Å². The molecule has 0 spiro atoms. The lowest BCUT2D eigenvalue weighted by Gasteiger charge is -2.05. The molecular weight excluding hydrogens is 246 g/mol. The zero-order valence-electron chi connectivity index (χ0n) is 9.50. The largest absolute Gasteiger partial charge is 0.383 e. The van der Waals surface area contributed by atoms with Crippen LogP contribution in [0.5, 0.6) is 0 Å². The van der Waals surface area contributed by atoms with E-state index in [0.29, 0.717) is 0 Å². The molecule has 1 aromatic rings. The first kappa shape index (κ1) is 13.9. The fourth-order valence-electron chi connectivity index (χ4n) is 1.21. The van der Waals surface area contributed by atoms with E-state index >= 15 is 0 Å². The average molecular weight is 264 g/mol. The molecule has 0 aliphatic heterocycles. The minimum atomic E-state index is 0.728. The van der Waals surface area contributed by atoms with Crippen molar-refractivity contribution in [2.75, 3.05) is 40.0 Å². The number of halogens is 1. The van der Waals surface area contributed by atoms with Crippen LogP contribution in [-0.2, 0) is 15.9 Å². The van der Waals surface area contributed by atoms with Crippen molar-refractivity contribution in [1.82, 2.24) is 5.32 Å². The van der Waals surface area contributed by atoms with Crippen LogP contribution in [0, 0.1) is 0 Å². The molecular formula is C11H18ClNO2S. The molecule has 0 aliphatic carbocycles. The predicted octanol–water partition coefficient (Wildman–Crippen LogP) is 2.20. The molecule has 1 N–H and O–H groups in total. The van der Waals surface area contributed by atoms with Gasteiger partial charge in [-0.3, -0.25) is 0 Å². The highest BCUT2D eigenvalue weighted by Gasteiger charge is 2.00. The Morgan fingerprint density at radius 1 is 1.31 bits per heavy atom. The molecule has 0 saturated heterocycles. The maximum absolute atomic E-state index is 5.97. The molecule has 0 unspecified atom stereocenters. The topological polar surface area (TPSA) is 30.5 Å². The van der Waals surface area contributed by atoms with Gasteiger partial charge in [-0.25, -0.2) is 0 Å². The first-order valence-electron chi connectivity index (χ1n) is 5.34. The molecule has 0 fully saturated rings. The van der Waals surface area contributed by atoms with Crippen LogP contribution in [0.1, 0.15) is 4.88 Å². The molecule has 0 bridgehead atoms. The van der Waals surface area contributed by atoms with Gasteiger partial charge in [-0.15, -0.1) is 11.3 Å². The lowest BCUT2D eigenvalue weighted by atomic mass is 10.4. The van der Waals surface area contributed by atoms with Crippen molar-refractivity contribution in [3.8, 4) is 0 Å². The van der Waals surface area contributed by atoms with E-state index in [0.717, 1.165) is 44.4 Å². The molecule has 0 atom stereocenters. The minimum absolute atomic E-state index is 0.728. The van der Waals surface area contributed by atoms with Gasteiger partial charge in [0.05, 0.1) is 24.8 Å². The predicted molar refractivity (Wildman–Crippen MR) is 68.6 cm³/mol. The zero-order chi connectivity index (χ0) is 11.6. The Bertz CT molecular complexity index is 281. The Labute approximate surface area is 106 Å². The Kier molecular flexibility index (Phi) is 7.80. The van der Waals surface area contributed by atoms with Crippen LogP contribution in [0.15, 0.2) is 11.4 Å². The molecule has 1 heterocycles. The fourth-order valence-corrected chi connectivity index (χ4v) is 2.33. The highest BCUT2D eigenvalue weighted by atomic mass is 35.5. The first-order chi connectivity index (χ1) is 7.84.